The topological polar surface area (TPSA) is 73.0 Å². The zero-order valence-electron chi connectivity index (χ0n) is 14.7. The first kappa shape index (κ1) is 16.0. The predicted molar refractivity (Wildman–Crippen MR) is 98.8 cm³/mol. The summed E-state index contributed by atoms with van der Waals surface area (Å²) >= 11 is 0. The third-order valence-corrected chi connectivity index (χ3v) is 5.47. The number of benzene rings is 1. The molecule has 136 valence electrons. The number of pyridine rings is 1. The van der Waals surface area contributed by atoms with E-state index < -0.39 is 0 Å². The summed E-state index contributed by atoms with van der Waals surface area (Å²) in [6.07, 6.45) is 2.54. The average molecular weight is 361 g/mol. The molecule has 2 atom stereocenters. The molecule has 0 aliphatic carbocycles. The minimum absolute atomic E-state index is 0.0489. The highest BCUT2D eigenvalue weighted by atomic mass is 16.2. The van der Waals surface area contributed by atoms with Gasteiger partial charge in [-0.3, -0.25) is 9.59 Å². The largest absolute Gasteiger partial charge is 0.336 e. The molecule has 0 N–H and O–H groups in total. The molecule has 1 aromatic carbocycles. The van der Waals surface area contributed by atoms with Gasteiger partial charge in [-0.05, 0) is 30.5 Å². The van der Waals surface area contributed by atoms with Gasteiger partial charge in [-0.15, -0.1) is 5.10 Å². The number of carbonyl (C=O) groups excluding carboxylic acids is 1. The molecule has 2 aromatic heterocycles. The van der Waals surface area contributed by atoms with Crippen LogP contribution in [0.5, 0.6) is 0 Å². The van der Waals surface area contributed by atoms with Gasteiger partial charge in [0, 0.05) is 37.3 Å². The van der Waals surface area contributed by atoms with E-state index in [1.54, 1.807) is 12.1 Å². The van der Waals surface area contributed by atoms with Crippen LogP contribution < -0.4 is 5.56 Å². The van der Waals surface area contributed by atoms with E-state index in [9.17, 15) is 9.59 Å². The number of hydrogen-bond donors (Lipinski definition) is 0. The molecule has 7 heteroatoms. The van der Waals surface area contributed by atoms with Crippen molar-refractivity contribution in [2.24, 2.45) is 5.92 Å². The number of amides is 1. The third kappa shape index (κ3) is 2.75. The molecule has 1 amide bonds. The van der Waals surface area contributed by atoms with Crippen molar-refractivity contribution < 1.29 is 4.79 Å². The van der Waals surface area contributed by atoms with Crippen molar-refractivity contribution in [3.05, 3.63) is 76.5 Å². The Hall–Kier alpha value is -3.22. The van der Waals surface area contributed by atoms with Crippen LogP contribution in [-0.2, 0) is 6.54 Å². The van der Waals surface area contributed by atoms with Crippen LogP contribution in [0.2, 0.25) is 0 Å². The number of nitrogens with zero attached hydrogens (tertiary/aromatic N) is 5. The summed E-state index contributed by atoms with van der Waals surface area (Å²) in [5, 5.41) is 8.60. The highest BCUT2D eigenvalue weighted by molar-refractivity contribution is 5.92. The van der Waals surface area contributed by atoms with Crippen molar-refractivity contribution in [2.45, 2.75) is 18.9 Å². The lowest BCUT2D eigenvalue weighted by Crippen LogP contribution is -2.49. The molecule has 4 heterocycles. The van der Waals surface area contributed by atoms with Gasteiger partial charge in [0.2, 0.25) is 0 Å². The molecule has 3 aromatic rings. The van der Waals surface area contributed by atoms with Gasteiger partial charge in [0.25, 0.3) is 11.5 Å². The molecular weight excluding hydrogens is 342 g/mol. The monoisotopic (exact) mass is 361 g/mol. The zero-order valence-corrected chi connectivity index (χ0v) is 14.7. The first-order chi connectivity index (χ1) is 13.2. The minimum atomic E-state index is -0.0985. The summed E-state index contributed by atoms with van der Waals surface area (Å²) in [5.74, 6) is 0.391. The van der Waals surface area contributed by atoms with Crippen LogP contribution in [-0.4, -0.2) is 43.5 Å². The van der Waals surface area contributed by atoms with Crippen LogP contribution in [0.1, 0.15) is 28.5 Å². The second-order valence-electron chi connectivity index (χ2n) is 7.26. The Morgan fingerprint density at radius 2 is 1.85 bits per heavy atom. The maximum absolute atomic E-state index is 13.0. The van der Waals surface area contributed by atoms with E-state index in [1.807, 2.05) is 45.9 Å². The fourth-order valence-electron chi connectivity index (χ4n) is 4.27. The zero-order chi connectivity index (χ0) is 18.4. The van der Waals surface area contributed by atoms with Crippen LogP contribution in [0.3, 0.4) is 0 Å². The first-order valence-electron chi connectivity index (χ1n) is 9.16. The van der Waals surface area contributed by atoms with E-state index in [0.717, 1.165) is 17.8 Å². The van der Waals surface area contributed by atoms with Crippen LogP contribution in [0.15, 0.2) is 59.5 Å². The Morgan fingerprint density at radius 3 is 2.70 bits per heavy atom. The number of aromatic nitrogens is 4. The minimum Gasteiger partial charge on any atom is -0.336 e. The van der Waals surface area contributed by atoms with Crippen LogP contribution in [0.4, 0.5) is 0 Å². The molecule has 7 nitrogen and oxygen atoms in total. The van der Waals surface area contributed by atoms with Gasteiger partial charge in [-0.1, -0.05) is 24.3 Å². The molecular formula is C20H19N5O2. The number of para-hydroxylation sites is 1. The van der Waals surface area contributed by atoms with Crippen molar-refractivity contribution in [1.29, 1.82) is 0 Å². The van der Waals surface area contributed by atoms with Gasteiger partial charge >= 0.3 is 0 Å². The number of piperidine rings is 1. The van der Waals surface area contributed by atoms with Crippen LogP contribution in [0, 0.1) is 5.92 Å². The summed E-state index contributed by atoms with van der Waals surface area (Å²) < 4.78 is 1.87. The summed E-state index contributed by atoms with van der Waals surface area (Å²) in [6.45, 7) is 1.93. The molecule has 2 aliphatic rings. The number of rotatable bonds is 2. The summed E-state index contributed by atoms with van der Waals surface area (Å²) in [5.41, 5.74) is 2.25. The maximum atomic E-state index is 13.0. The lowest BCUT2D eigenvalue weighted by molar-refractivity contribution is 0.0588. The number of carbonyl (C=O) groups is 1. The average Bonchev–Trinajstić information content (AvgIpc) is 3.19. The molecule has 0 spiro atoms. The molecule has 27 heavy (non-hydrogen) atoms. The standard InChI is InChI=1S/C20H19N5O2/c26-19-8-4-7-18-15-9-14(12-24(18)19)11-23(13-15)20(27)17-10-21-25(22-17)16-5-2-1-3-6-16/h1-8,10,14-15H,9,11-13H2/t14-,15-/m1/s1. The number of likely N-dealkylation sites (tertiary alicyclic amines) is 1. The molecule has 5 rings (SSSR count). The quantitative estimate of drug-likeness (QED) is 0.696. The van der Waals surface area contributed by atoms with Crippen molar-refractivity contribution in [3.8, 4) is 5.69 Å². The summed E-state index contributed by atoms with van der Waals surface area (Å²) in [6, 6.07) is 15.0. The molecule has 1 fully saturated rings. The number of fused-ring (bicyclic) bond motifs is 4. The second kappa shape index (κ2) is 6.19. The molecule has 0 radical (unpaired) electrons. The molecule has 2 bridgehead atoms. The Balaban J connectivity index is 1.40. The van der Waals surface area contributed by atoms with E-state index in [1.165, 1.54) is 11.0 Å². The highest BCUT2D eigenvalue weighted by Gasteiger charge is 2.37. The molecule has 0 saturated carbocycles. The van der Waals surface area contributed by atoms with E-state index in [-0.39, 0.29) is 17.4 Å². The first-order valence-corrected chi connectivity index (χ1v) is 9.16. The Morgan fingerprint density at radius 1 is 1.00 bits per heavy atom. The summed E-state index contributed by atoms with van der Waals surface area (Å²) in [7, 11) is 0. The van der Waals surface area contributed by atoms with Crippen molar-refractivity contribution >= 4 is 5.91 Å². The lowest BCUT2D eigenvalue weighted by atomic mass is 9.83. The predicted octanol–water partition coefficient (Wildman–Crippen LogP) is 1.69. The molecule has 2 aliphatic heterocycles. The molecule has 1 saturated heterocycles. The lowest BCUT2D eigenvalue weighted by Gasteiger charge is -2.42. The van der Waals surface area contributed by atoms with Gasteiger partial charge in [0.05, 0.1) is 11.9 Å². The fraction of sp³-hybridized carbons (Fsp3) is 0.300. The fourth-order valence-corrected chi connectivity index (χ4v) is 4.27. The number of hydrogen-bond acceptors (Lipinski definition) is 4. The van der Waals surface area contributed by atoms with Gasteiger partial charge in [-0.25, -0.2) is 0 Å². The Bertz CT molecular complexity index is 1060. The van der Waals surface area contributed by atoms with Crippen LogP contribution in [0.25, 0.3) is 5.69 Å². The van der Waals surface area contributed by atoms with E-state index in [2.05, 4.69) is 10.2 Å². The van der Waals surface area contributed by atoms with Crippen molar-refractivity contribution in [3.63, 3.8) is 0 Å². The summed E-state index contributed by atoms with van der Waals surface area (Å²) in [4.78, 5) is 28.5. The van der Waals surface area contributed by atoms with Gasteiger partial charge in [0.1, 0.15) is 0 Å². The van der Waals surface area contributed by atoms with E-state index >= 15 is 0 Å². The highest BCUT2D eigenvalue weighted by Crippen LogP contribution is 2.35. The van der Waals surface area contributed by atoms with Gasteiger partial charge in [0.15, 0.2) is 5.69 Å². The Kier molecular flexibility index (Phi) is 3.67. The SMILES string of the molecule is O=C(c1cnn(-c2ccccc2)n1)N1C[C@H]2C[C@H](C1)c1cccc(=O)n1C2. The Labute approximate surface area is 155 Å². The third-order valence-electron chi connectivity index (χ3n) is 5.47. The van der Waals surface area contributed by atoms with Gasteiger partial charge in [-0.2, -0.15) is 9.90 Å². The van der Waals surface area contributed by atoms with E-state index in [0.29, 0.717) is 31.2 Å². The van der Waals surface area contributed by atoms with Gasteiger partial charge < -0.3 is 9.47 Å². The second-order valence-corrected chi connectivity index (χ2v) is 7.26. The normalized spacial score (nSPS) is 21.0. The smallest absolute Gasteiger partial charge is 0.276 e. The molecule has 0 unspecified atom stereocenters. The van der Waals surface area contributed by atoms with Crippen LogP contribution >= 0.6 is 0 Å². The van der Waals surface area contributed by atoms with E-state index in [4.69, 9.17) is 0 Å². The van der Waals surface area contributed by atoms with Crippen molar-refractivity contribution in [2.75, 3.05) is 13.1 Å². The maximum Gasteiger partial charge on any atom is 0.276 e. The van der Waals surface area contributed by atoms with Crippen molar-refractivity contribution in [1.82, 2.24) is 24.5 Å².